The van der Waals surface area contributed by atoms with Crippen LogP contribution in [0.2, 0.25) is 0 Å². The average Bonchev–Trinajstić information content (AvgIpc) is 2.29. The van der Waals surface area contributed by atoms with Crippen molar-refractivity contribution in [2.24, 2.45) is 0 Å². The molecule has 0 aliphatic carbocycles. The molecule has 1 N–H and O–H groups in total. The first kappa shape index (κ1) is 13.3. The van der Waals surface area contributed by atoms with Crippen LogP contribution in [-0.4, -0.2) is 15.5 Å². The van der Waals surface area contributed by atoms with Gasteiger partial charge in [0, 0.05) is 6.20 Å². The number of pyridine rings is 2. The zero-order valence-corrected chi connectivity index (χ0v) is 10.0. The fourth-order valence-electron chi connectivity index (χ4n) is 1.76. The van der Waals surface area contributed by atoms with Crippen molar-refractivity contribution in [1.82, 2.24) is 4.40 Å². The average molecular weight is 254 g/mol. The maximum Gasteiger partial charge on any atom is 0.341 e. The van der Waals surface area contributed by atoms with E-state index in [1.165, 1.54) is 10.5 Å². The minimum Gasteiger partial charge on any atom is -0.477 e. The molecule has 0 atom stereocenters. The fourth-order valence-corrected chi connectivity index (χ4v) is 1.76. The number of carboxylic acids is 1. The largest absolute Gasteiger partial charge is 0.477 e. The second-order valence-corrected chi connectivity index (χ2v) is 3.50. The van der Waals surface area contributed by atoms with E-state index in [-0.39, 0.29) is 18.0 Å². The molecule has 0 unspecified atom stereocenters. The van der Waals surface area contributed by atoms with Crippen molar-refractivity contribution in [1.29, 1.82) is 0 Å². The van der Waals surface area contributed by atoms with Gasteiger partial charge in [-0.25, -0.2) is 4.79 Å². The lowest BCUT2D eigenvalue weighted by Crippen LogP contribution is -2.22. The number of carboxylic acid groups (broad SMARTS) is 1. The Kier molecular flexibility index (Phi) is 3.91. The third-order valence-corrected chi connectivity index (χ3v) is 2.57. The van der Waals surface area contributed by atoms with Crippen molar-refractivity contribution < 1.29 is 9.90 Å². The number of hydrogen-bond donors (Lipinski definition) is 1. The Hall–Kier alpha value is -1.81. The van der Waals surface area contributed by atoms with E-state index in [2.05, 4.69) is 0 Å². The van der Waals surface area contributed by atoms with Gasteiger partial charge in [0.1, 0.15) is 5.56 Å². The highest BCUT2D eigenvalue weighted by Gasteiger charge is 2.13. The molecule has 0 saturated carbocycles. The maximum absolute atomic E-state index is 11.8. The number of aromatic nitrogens is 1. The minimum atomic E-state index is -1.18. The Morgan fingerprint density at radius 3 is 2.71 bits per heavy atom. The van der Waals surface area contributed by atoms with E-state index in [9.17, 15) is 9.59 Å². The summed E-state index contributed by atoms with van der Waals surface area (Å²) in [4.78, 5) is 22.7. The number of nitrogens with zero attached hydrogens (tertiary/aromatic N) is 1. The summed E-state index contributed by atoms with van der Waals surface area (Å²) in [6, 6.07) is 6.81. The van der Waals surface area contributed by atoms with Gasteiger partial charge < -0.3 is 5.11 Å². The van der Waals surface area contributed by atoms with Crippen molar-refractivity contribution >= 4 is 23.9 Å². The predicted molar refractivity (Wildman–Crippen MR) is 67.3 cm³/mol. The first-order valence-electron chi connectivity index (χ1n) is 5.01. The van der Waals surface area contributed by atoms with Crippen molar-refractivity contribution in [3.8, 4) is 0 Å². The SMILES string of the molecule is CCc1cc(C(=O)O)c(=O)n2ccccc12.Cl. The molecule has 5 heteroatoms. The topological polar surface area (TPSA) is 58.8 Å². The van der Waals surface area contributed by atoms with Crippen LogP contribution in [-0.2, 0) is 6.42 Å². The van der Waals surface area contributed by atoms with Gasteiger partial charge in [-0.1, -0.05) is 13.0 Å². The summed E-state index contributed by atoms with van der Waals surface area (Å²) in [6.07, 6.45) is 2.28. The molecular weight excluding hydrogens is 242 g/mol. The van der Waals surface area contributed by atoms with Crippen molar-refractivity contribution in [2.45, 2.75) is 13.3 Å². The van der Waals surface area contributed by atoms with E-state index in [0.717, 1.165) is 11.1 Å². The van der Waals surface area contributed by atoms with Crippen LogP contribution in [0.5, 0.6) is 0 Å². The van der Waals surface area contributed by atoms with Gasteiger partial charge in [0.15, 0.2) is 0 Å². The minimum absolute atomic E-state index is 0. The van der Waals surface area contributed by atoms with Crippen LogP contribution in [0.4, 0.5) is 0 Å². The Labute approximate surface area is 104 Å². The van der Waals surface area contributed by atoms with Crippen LogP contribution in [0, 0.1) is 0 Å². The number of carbonyl (C=O) groups is 1. The molecule has 90 valence electrons. The summed E-state index contributed by atoms with van der Waals surface area (Å²) < 4.78 is 1.38. The lowest BCUT2D eigenvalue weighted by atomic mass is 10.1. The predicted octanol–water partition coefficient (Wildman–Crippen LogP) is 1.98. The first-order valence-corrected chi connectivity index (χ1v) is 5.01. The van der Waals surface area contributed by atoms with Gasteiger partial charge >= 0.3 is 5.97 Å². The Balaban J connectivity index is 0.00000144. The van der Waals surface area contributed by atoms with Crippen LogP contribution >= 0.6 is 12.4 Å². The third kappa shape index (κ3) is 2.17. The number of aryl methyl sites for hydroxylation is 1. The van der Waals surface area contributed by atoms with E-state index in [4.69, 9.17) is 5.11 Å². The smallest absolute Gasteiger partial charge is 0.341 e. The Morgan fingerprint density at radius 1 is 1.41 bits per heavy atom. The molecule has 17 heavy (non-hydrogen) atoms. The summed E-state index contributed by atoms with van der Waals surface area (Å²) in [5.41, 5.74) is 0.957. The second kappa shape index (κ2) is 5.01. The molecule has 0 radical (unpaired) electrons. The molecule has 0 saturated heterocycles. The van der Waals surface area contributed by atoms with Crippen LogP contribution in [0.25, 0.3) is 5.52 Å². The summed E-state index contributed by atoms with van der Waals surface area (Å²) in [5.74, 6) is -1.18. The number of aromatic carboxylic acids is 1. The summed E-state index contributed by atoms with van der Waals surface area (Å²) >= 11 is 0. The number of rotatable bonds is 2. The van der Waals surface area contributed by atoms with Crippen molar-refractivity contribution in [3.63, 3.8) is 0 Å². The zero-order chi connectivity index (χ0) is 11.7. The number of fused-ring (bicyclic) bond motifs is 1. The highest BCUT2D eigenvalue weighted by molar-refractivity contribution is 5.88. The molecule has 2 aromatic rings. The van der Waals surface area contributed by atoms with Crippen LogP contribution in [0.1, 0.15) is 22.8 Å². The van der Waals surface area contributed by atoms with Crippen LogP contribution in [0.3, 0.4) is 0 Å². The molecule has 0 amide bonds. The standard InChI is InChI=1S/C12H11NO3.ClH/c1-2-8-7-9(12(15)16)11(14)13-6-4-3-5-10(8)13;/h3-7H,2H2,1H3,(H,15,16);1H. The second-order valence-electron chi connectivity index (χ2n) is 3.50. The molecule has 4 nitrogen and oxygen atoms in total. The van der Waals surface area contributed by atoms with Gasteiger partial charge in [-0.15, -0.1) is 12.4 Å². The van der Waals surface area contributed by atoms with Gasteiger partial charge in [0.05, 0.1) is 5.52 Å². The van der Waals surface area contributed by atoms with Gasteiger partial charge in [-0.2, -0.15) is 0 Å². The Bertz CT molecular complexity index is 619. The molecule has 0 spiro atoms. The van der Waals surface area contributed by atoms with E-state index < -0.39 is 11.5 Å². The molecule has 0 fully saturated rings. The first-order chi connectivity index (χ1) is 7.65. The highest BCUT2D eigenvalue weighted by atomic mass is 35.5. The van der Waals surface area contributed by atoms with E-state index in [1.807, 2.05) is 19.1 Å². The third-order valence-electron chi connectivity index (χ3n) is 2.57. The van der Waals surface area contributed by atoms with Gasteiger partial charge in [0.25, 0.3) is 5.56 Å². The molecule has 0 aliphatic rings. The molecule has 2 aromatic heterocycles. The summed E-state index contributed by atoms with van der Waals surface area (Å²) in [5, 5.41) is 8.93. The molecular formula is C12H12ClNO3. The number of halogens is 1. The van der Waals surface area contributed by atoms with Crippen molar-refractivity contribution in [2.75, 3.05) is 0 Å². The highest BCUT2D eigenvalue weighted by Crippen LogP contribution is 2.11. The normalized spacial score (nSPS) is 9.94. The molecule has 2 rings (SSSR count). The molecule has 0 aromatic carbocycles. The summed E-state index contributed by atoms with van der Waals surface area (Å²) in [6.45, 7) is 1.93. The van der Waals surface area contributed by atoms with E-state index in [0.29, 0.717) is 6.42 Å². The molecule has 0 bridgehead atoms. The van der Waals surface area contributed by atoms with Gasteiger partial charge in [0.2, 0.25) is 0 Å². The van der Waals surface area contributed by atoms with Crippen molar-refractivity contribution in [3.05, 3.63) is 51.9 Å². The Morgan fingerprint density at radius 2 is 2.12 bits per heavy atom. The van der Waals surface area contributed by atoms with Crippen LogP contribution < -0.4 is 5.56 Å². The zero-order valence-electron chi connectivity index (χ0n) is 9.21. The van der Waals surface area contributed by atoms with Gasteiger partial charge in [-0.05, 0) is 30.2 Å². The molecule has 0 aliphatic heterocycles. The lowest BCUT2D eigenvalue weighted by molar-refractivity contribution is 0.0694. The number of hydrogen-bond acceptors (Lipinski definition) is 2. The maximum atomic E-state index is 11.8. The van der Waals surface area contributed by atoms with E-state index in [1.54, 1.807) is 12.3 Å². The molecule has 2 heterocycles. The summed E-state index contributed by atoms with van der Waals surface area (Å²) in [7, 11) is 0. The van der Waals surface area contributed by atoms with E-state index >= 15 is 0 Å². The monoisotopic (exact) mass is 253 g/mol. The van der Waals surface area contributed by atoms with Crippen LogP contribution in [0.15, 0.2) is 35.3 Å². The fraction of sp³-hybridized carbons (Fsp3) is 0.167. The van der Waals surface area contributed by atoms with Gasteiger partial charge in [-0.3, -0.25) is 9.20 Å². The quantitative estimate of drug-likeness (QED) is 0.890. The lowest BCUT2D eigenvalue weighted by Gasteiger charge is -2.07.